The summed E-state index contributed by atoms with van der Waals surface area (Å²) in [5, 5.41) is 0. The summed E-state index contributed by atoms with van der Waals surface area (Å²) < 4.78 is 16.4. The molecule has 8 heteroatoms. The molecule has 114 valence electrons. The second-order valence-electron chi connectivity index (χ2n) is 4.41. The molecule has 7 nitrogen and oxygen atoms in total. The number of nitrogens with one attached hydrogen (secondary N) is 2. The molecule has 1 aromatic carbocycles. The van der Waals surface area contributed by atoms with Crippen LogP contribution in [0, 0.1) is 0 Å². The van der Waals surface area contributed by atoms with Crippen LogP contribution in [-0.2, 0) is 4.79 Å². The summed E-state index contributed by atoms with van der Waals surface area (Å²) in [6.07, 6.45) is -0.849. The van der Waals surface area contributed by atoms with Gasteiger partial charge in [-0.05, 0) is 40.2 Å². The Balaban J connectivity index is 1.56. The normalized spacial score (nSPS) is 16.0. The molecule has 1 unspecified atom stereocenters. The highest BCUT2D eigenvalue weighted by Crippen LogP contribution is 2.30. The number of hydrogen-bond donors (Lipinski definition) is 2. The Morgan fingerprint density at radius 1 is 1.09 bits per heavy atom. The number of para-hydroxylation sites is 2. The molecule has 1 aliphatic rings. The van der Waals surface area contributed by atoms with Gasteiger partial charge in [-0.15, -0.1) is 0 Å². The molecule has 2 heterocycles. The summed E-state index contributed by atoms with van der Waals surface area (Å²) >= 11 is 3.09. The zero-order valence-corrected chi connectivity index (χ0v) is 12.8. The molecule has 22 heavy (non-hydrogen) atoms. The maximum Gasteiger partial charge on any atom is 0.305 e. The number of carbonyl (C=O) groups excluding carboxylic acids is 2. The number of amides is 2. The van der Waals surface area contributed by atoms with Crippen molar-refractivity contribution in [3.8, 4) is 11.5 Å². The van der Waals surface area contributed by atoms with Gasteiger partial charge < -0.3 is 13.9 Å². The SMILES string of the molecule is O=C(NNC(=O)C1COc2ccccc2O1)c1ccc(Br)o1. The van der Waals surface area contributed by atoms with Crippen molar-refractivity contribution >= 4 is 27.7 Å². The number of furan rings is 1. The van der Waals surface area contributed by atoms with Crippen molar-refractivity contribution in [2.75, 3.05) is 6.61 Å². The fourth-order valence-corrected chi connectivity index (χ4v) is 2.15. The first kappa shape index (κ1) is 14.5. The van der Waals surface area contributed by atoms with Crippen molar-refractivity contribution in [2.24, 2.45) is 0 Å². The third-order valence-electron chi connectivity index (χ3n) is 2.90. The number of fused-ring (bicyclic) bond motifs is 1. The molecule has 0 aliphatic carbocycles. The van der Waals surface area contributed by atoms with Crippen LogP contribution in [0.25, 0.3) is 0 Å². The number of ether oxygens (including phenoxy) is 2. The zero-order valence-electron chi connectivity index (χ0n) is 11.2. The largest absolute Gasteiger partial charge is 0.485 e. The van der Waals surface area contributed by atoms with E-state index in [0.717, 1.165) is 0 Å². The fourth-order valence-electron chi connectivity index (χ4n) is 1.85. The molecule has 0 fully saturated rings. The molecule has 2 amide bonds. The standard InChI is InChI=1S/C14H11BrN2O5/c15-12-6-5-10(22-12)13(18)16-17-14(19)11-7-20-8-3-1-2-4-9(8)21-11/h1-6,11H,7H2,(H,16,18)(H,17,19). The second kappa shape index (κ2) is 6.10. The van der Waals surface area contributed by atoms with Gasteiger partial charge >= 0.3 is 5.91 Å². The van der Waals surface area contributed by atoms with Gasteiger partial charge in [0.05, 0.1) is 0 Å². The van der Waals surface area contributed by atoms with Crippen LogP contribution in [0.5, 0.6) is 11.5 Å². The molecular formula is C14H11BrN2O5. The van der Waals surface area contributed by atoms with E-state index in [-0.39, 0.29) is 12.4 Å². The Bertz CT molecular complexity index is 715. The van der Waals surface area contributed by atoms with Crippen LogP contribution >= 0.6 is 15.9 Å². The molecule has 1 atom stereocenters. The van der Waals surface area contributed by atoms with Crippen molar-refractivity contribution in [2.45, 2.75) is 6.10 Å². The highest BCUT2D eigenvalue weighted by molar-refractivity contribution is 9.10. The number of carbonyl (C=O) groups is 2. The van der Waals surface area contributed by atoms with Gasteiger partial charge in [0.2, 0.25) is 6.10 Å². The van der Waals surface area contributed by atoms with Gasteiger partial charge in [0.15, 0.2) is 21.9 Å². The van der Waals surface area contributed by atoms with E-state index in [0.29, 0.717) is 16.2 Å². The van der Waals surface area contributed by atoms with Crippen molar-refractivity contribution in [1.29, 1.82) is 0 Å². The molecule has 0 radical (unpaired) electrons. The predicted octanol–water partition coefficient (Wildman–Crippen LogP) is 1.64. The molecule has 0 spiro atoms. The second-order valence-corrected chi connectivity index (χ2v) is 5.19. The first-order valence-electron chi connectivity index (χ1n) is 6.37. The topological polar surface area (TPSA) is 89.8 Å². The zero-order chi connectivity index (χ0) is 15.5. The number of hydrogen-bond acceptors (Lipinski definition) is 5. The first-order chi connectivity index (χ1) is 10.6. The molecule has 2 aromatic rings. The van der Waals surface area contributed by atoms with Gasteiger partial charge in [0, 0.05) is 0 Å². The van der Waals surface area contributed by atoms with Crippen LogP contribution in [0.2, 0.25) is 0 Å². The third-order valence-corrected chi connectivity index (χ3v) is 3.32. The van der Waals surface area contributed by atoms with E-state index in [1.54, 1.807) is 24.3 Å². The Morgan fingerprint density at radius 2 is 1.86 bits per heavy atom. The minimum Gasteiger partial charge on any atom is -0.485 e. The van der Waals surface area contributed by atoms with Crippen LogP contribution in [0.3, 0.4) is 0 Å². The molecule has 2 N–H and O–H groups in total. The summed E-state index contributed by atoms with van der Waals surface area (Å²) in [4.78, 5) is 23.7. The van der Waals surface area contributed by atoms with Gasteiger partial charge in [-0.25, -0.2) is 0 Å². The Morgan fingerprint density at radius 3 is 2.59 bits per heavy atom. The van der Waals surface area contributed by atoms with Crippen LogP contribution in [0.1, 0.15) is 10.6 Å². The van der Waals surface area contributed by atoms with E-state index in [2.05, 4.69) is 26.8 Å². The quantitative estimate of drug-likeness (QED) is 0.788. The lowest BCUT2D eigenvalue weighted by molar-refractivity contribution is -0.131. The Hall–Kier alpha value is -2.48. The highest BCUT2D eigenvalue weighted by Gasteiger charge is 2.27. The van der Waals surface area contributed by atoms with E-state index < -0.39 is 17.9 Å². The molecule has 0 saturated carbocycles. The van der Waals surface area contributed by atoms with E-state index in [4.69, 9.17) is 13.9 Å². The van der Waals surface area contributed by atoms with Gasteiger partial charge in [-0.3, -0.25) is 20.4 Å². The lowest BCUT2D eigenvalue weighted by atomic mass is 10.2. The molecule has 1 aromatic heterocycles. The molecule has 3 rings (SSSR count). The predicted molar refractivity (Wildman–Crippen MR) is 78.4 cm³/mol. The van der Waals surface area contributed by atoms with Crippen LogP contribution < -0.4 is 20.3 Å². The summed E-state index contributed by atoms with van der Waals surface area (Å²) in [5.74, 6) is 0.0363. The Labute approximate surface area is 133 Å². The van der Waals surface area contributed by atoms with Gasteiger partial charge in [-0.1, -0.05) is 12.1 Å². The van der Waals surface area contributed by atoms with Crippen LogP contribution in [0.15, 0.2) is 45.5 Å². The molecule has 0 saturated heterocycles. The van der Waals surface area contributed by atoms with Crippen LogP contribution in [0.4, 0.5) is 0 Å². The van der Waals surface area contributed by atoms with Crippen molar-refractivity contribution in [3.63, 3.8) is 0 Å². The monoisotopic (exact) mass is 366 g/mol. The number of hydrazine groups is 1. The minimum atomic E-state index is -0.849. The van der Waals surface area contributed by atoms with E-state index >= 15 is 0 Å². The van der Waals surface area contributed by atoms with Crippen molar-refractivity contribution in [3.05, 3.63) is 46.8 Å². The summed E-state index contributed by atoms with van der Waals surface area (Å²) in [6, 6.07) is 10.1. The van der Waals surface area contributed by atoms with Gasteiger partial charge in [0.25, 0.3) is 5.91 Å². The summed E-state index contributed by atoms with van der Waals surface area (Å²) in [6.45, 7) is 0.0605. The lowest BCUT2D eigenvalue weighted by Crippen LogP contribution is -2.50. The first-order valence-corrected chi connectivity index (χ1v) is 7.17. The summed E-state index contributed by atoms with van der Waals surface area (Å²) in [7, 11) is 0. The van der Waals surface area contributed by atoms with E-state index in [1.165, 1.54) is 6.07 Å². The van der Waals surface area contributed by atoms with E-state index in [9.17, 15) is 9.59 Å². The smallest absolute Gasteiger partial charge is 0.305 e. The van der Waals surface area contributed by atoms with Gasteiger partial charge in [0.1, 0.15) is 6.61 Å². The van der Waals surface area contributed by atoms with E-state index in [1.807, 2.05) is 6.07 Å². The third kappa shape index (κ3) is 3.06. The molecule has 0 bridgehead atoms. The number of rotatable bonds is 2. The fraction of sp³-hybridized carbons (Fsp3) is 0.143. The van der Waals surface area contributed by atoms with Crippen molar-refractivity contribution in [1.82, 2.24) is 10.9 Å². The van der Waals surface area contributed by atoms with Gasteiger partial charge in [-0.2, -0.15) is 0 Å². The number of benzene rings is 1. The molecular weight excluding hydrogens is 356 g/mol. The molecule has 1 aliphatic heterocycles. The minimum absolute atomic E-state index is 0.0605. The van der Waals surface area contributed by atoms with Crippen molar-refractivity contribution < 1.29 is 23.5 Å². The lowest BCUT2D eigenvalue weighted by Gasteiger charge is -2.25. The van der Waals surface area contributed by atoms with Crippen LogP contribution in [-0.4, -0.2) is 24.5 Å². The summed E-state index contributed by atoms with van der Waals surface area (Å²) in [5.41, 5.74) is 4.52. The highest BCUT2D eigenvalue weighted by atomic mass is 79.9. The Kier molecular flexibility index (Phi) is 4.01. The number of halogens is 1. The maximum atomic E-state index is 12.0. The average Bonchev–Trinajstić information content (AvgIpc) is 2.98. The maximum absolute atomic E-state index is 12.0. The average molecular weight is 367 g/mol.